The summed E-state index contributed by atoms with van der Waals surface area (Å²) in [5, 5.41) is 2.79. The van der Waals surface area contributed by atoms with E-state index in [1.165, 1.54) is 6.07 Å². The molecule has 144 valence electrons. The van der Waals surface area contributed by atoms with Gasteiger partial charge in [-0.2, -0.15) is 0 Å². The van der Waals surface area contributed by atoms with Crippen molar-refractivity contribution in [1.29, 1.82) is 0 Å². The van der Waals surface area contributed by atoms with Crippen LogP contribution in [0.2, 0.25) is 0 Å². The molecule has 0 unspecified atom stereocenters. The first kappa shape index (κ1) is 19.1. The number of nitrogens with one attached hydrogen (secondary N) is 1. The lowest BCUT2D eigenvalue weighted by Gasteiger charge is -2.38. The highest BCUT2D eigenvalue weighted by Gasteiger charge is 2.28. The van der Waals surface area contributed by atoms with E-state index < -0.39 is 0 Å². The van der Waals surface area contributed by atoms with Gasteiger partial charge in [0.2, 0.25) is 0 Å². The van der Waals surface area contributed by atoms with E-state index in [-0.39, 0.29) is 23.6 Å². The lowest BCUT2D eigenvalue weighted by Crippen LogP contribution is -2.49. The molecular weight excluding hydrogens is 331 g/mol. The lowest BCUT2D eigenvalue weighted by atomic mass is 9.99. The Balaban J connectivity index is 1.57. The second kappa shape index (κ2) is 8.82. The second-order valence-electron chi connectivity index (χ2n) is 7.69. The summed E-state index contributed by atoms with van der Waals surface area (Å²) in [4.78, 5) is 19.5. The molecule has 0 aliphatic carbocycles. The van der Waals surface area contributed by atoms with Crippen molar-refractivity contribution in [3.8, 4) is 0 Å². The summed E-state index contributed by atoms with van der Waals surface area (Å²) in [7, 11) is 2.16. The van der Waals surface area contributed by atoms with E-state index in [1.807, 2.05) is 11.8 Å². The number of hydrogen-bond donors (Lipinski definition) is 1. The fourth-order valence-corrected chi connectivity index (χ4v) is 3.89. The van der Waals surface area contributed by atoms with Crippen LogP contribution in [-0.2, 0) is 0 Å². The number of rotatable bonds is 4. The molecule has 6 heteroatoms. The molecule has 0 saturated carbocycles. The summed E-state index contributed by atoms with van der Waals surface area (Å²) < 4.78 is 14.0. The molecule has 2 fully saturated rings. The van der Waals surface area contributed by atoms with Gasteiger partial charge in [0.05, 0.1) is 5.69 Å². The number of piperidine rings is 1. The number of hydrogen-bond acceptors (Lipinski definition) is 3. The third kappa shape index (κ3) is 4.95. The van der Waals surface area contributed by atoms with E-state index in [2.05, 4.69) is 22.2 Å². The zero-order valence-corrected chi connectivity index (χ0v) is 16.0. The van der Waals surface area contributed by atoms with Crippen LogP contribution < -0.4 is 5.32 Å². The summed E-state index contributed by atoms with van der Waals surface area (Å²) in [6.07, 6.45) is 4.22. The number of likely N-dealkylation sites (N-methyl/N-ethyl adjacent to an activating group) is 1. The number of nitrogens with zero attached hydrogens (tertiary/aromatic N) is 3. The Bertz CT molecular complexity index is 616. The summed E-state index contributed by atoms with van der Waals surface area (Å²) >= 11 is 0. The van der Waals surface area contributed by atoms with Crippen molar-refractivity contribution < 1.29 is 9.18 Å². The molecule has 3 rings (SSSR count). The molecule has 1 aromatic carbocycles. The van der Waals surface area contributed by atoms with Crippen molar-refractivity contribution >= 4 is 11.7 Å². The highest BCUT2D eigenvalue weighted by atomic mass is 19.1. The normalized spacial score (nSPS) is 22.4. The number of likely N-dealkylation sites (tertiary alicyclic amines) is 1. The average Bonchev–Trinajstić information content (AvgIpc) is 2.64. The monoisotopic (exact) mass is 362 g/mol. The van der Waals surface area contributed by atoms with E-state index in [9.17, 15) is 9.18 Å². The predicted octanol–water partition coefficient (Wildman–Crippen LogP) is 3.16. The SMILES string of the molecule is Cc1ccc(F)c(NC(=O)N2CCCC[C@@H]2CCN2CCN(C)CC2)c1. The Hall–Kier alpha value is -1.66. The number of carbonyl (C=O) groups is 1. The number of carbonyl (C=O) groups excluding carboxylic acids is 1. The quantitative estimate of drug-likeness (QED) is 0.894. The molecule has 2 amide bonds. The Morgan fingerprint density at radius 2 is 1.96 bits per heavy atom. The third-order valence-electron chi connectivity index (χ3n) is 5.63. The number of amides is 2. The second-order valence-corrected chi connectivity index (χ2v) is 7.69. The minimum Gasteiger partial charge on any atom is -0.322 e. The maximum Gasteiger partial charge on any atom is 0.322 e. The number of halogens is 1. The molecule has 26 heavy (non-hydrogen) atoms. The molecular formula is C20H31FN4O. The highest BCUT2D eigenvalue weighted by Crippen LogP contribution is 2.23. The molecule has 2 aliphatic rings. The van der Waals surface area contributed by atoms with Gasteiger partial charge in [0.1, 0.15) is 5.82 Å². The summed E-state index contributed by atoms with van der Waals surface area (Å²) in [6.45, 7) is 8.11. The van der Waals surface area contributed by atoms with Gasteiger partial charge in [-0.1, -0.05) is 6.07 Å². The van der Waals surface area contributed by atoms with Crippen molar-refractivity contribution in [3.05, 3.63) is 29.6 Å². The molecule has 5 nitrogen and oxygen atoms in total. The first-order chi connectivity index (χ1) is 12.5. The number of urea groups is 1. The smallest absolute Gasteiger partial charge is 0.322 e. The van der Waals surface area contributed by atoms with Gasteiger partial charge in [0, 0.05) is 45.3 Å². The Morgan fingerprint density at radius 3 is 2.73 bits per heavy atom. The van der Waals surface area contributed by atoms with Gasteiger partial charge in [-0.15, -0.1) is 0 Å². The van der Waals surface area contributed by atoms with Crippen LogP contribution in [0.1, 0.15) is 31.2 Å². The van der Waals surface area contributed by atoms with Gasteiger partial charge in [0.25, 0.3) is 0 Å². The molecule has 0 aromatic heterocycles. The first-order valence-electron chi connectivity index (χ1n) is 9.77. The van der Waals surface area contributed by atoms with Gasteiger partial charge in [-0.25, -0.2) is 9.18 Å². The van der Waals surface area contributed by atoms with Crippen LogP contribution in [0.5, 0.6) is 0 Å². The third-order valence-corrected chi connectivity index (χ3v) is 5.63. The number of piperazine rings is 1. The Labute approximate surface area is 156 Å². The maximum absolute atomic E-state index is 14.0. The lowest BCUT2D eigenvalue weighted by molar-refractivity contribution is 0.122. The number of benzene rings is 1. The van der Waals surface area contributed by atoms with Gasteiger partial charge < -0.3 is 20.0 Å². The highest BCUT2D eigenvalue weighted by molar-refractivity contribution is 5.89. The molecule has 0 spiro atoms. The van der Waals surface area contributed by atoms with Crippen LogP contribution in [0.3, 0.4) is 0 Å². The minimum absolute atomic E-state index is 0.169. The van der Waals surface area contributed by atoms with Crippen LogP contribution >= 0.6 is 0 Å². The van der Waals surface area contributed by atoms with Crippen LogP contribution in [-0.4, -0.2) is 73.1 Å². The van der Waals surface area contributed by atoms with E-state index in [1.54, 1.807) is 12.1 Å². The van der Waals surface area contributed by atoms with Gasteiger partial charge in [-0.3, -0.25) is 0 Å². The topological polar surface area (TPSA) is 38.8 Å². The summed E-state index contributed by atoms with van der Waals surface area (Å²) in [6, 6.07) is 4.89. The van der Waals surface area contributed by atoms with E-state index in [0.29, 0.717) is 0 Å². The average molecular weight is 362 g/mol. The van der Waals surface area contributed by atoms with Crippen LogP contribution in [0.15, 0.2) is 18.2 Å². The molecule has 0 radical (unpaired) electrons. The standard InChI is InChI=1S/C20H31FN4O/c1-16-6-7-18(21)19(15-16)22-20(26)25-9-4-3-5-17(25)8-10-24-13-11-23(2)12-14-24/h6-7,15,17H,3-5,8-14H2,1-2H3,(H,22,26)/t17-/m1/s1. The summed E-state index contributed by atoms with van der Waals surface area (Å²) in [5.41, 5.74) is 1.21. The van der Waals surface area contributed by atoms with Crippen LogP contribution in [0.4, 0.5) is 14.9 Å². The molecule has 2 heterocycles. The predicted molar refractivity (Wildman–Crippen MR) is 103 cm³/mol. The van der Waals surface area contributed by atoms with E-state index in [4.69, 9.17) is 0 Å². The largest absolute Gasteiger partial charge is 0.322 e. The molecule has 1 atom stereocenters. The minimum atomic E-state index is -0.380. The number of aryl methyl sites for hydroxylation is 1. The fraction of sp³-hybridized carbons (Fsp3) is 0.650. The van der Waals surface area contributed by atoms with E-state index in [0.717, 1.165) is 70.5 Å². The van der Waals surface area contributed by atoms with Gasteiger partial charge in [0.15, 0.2) is 0 Å². The molecule has 1 aromatic rings. The Morgan fingerprint density at radius 1 is 1.19 bits per heavy atom. The van der Waals surface area contributed by atoms with Crippen molar-refractivity contribution in [1.82, 2.24) is 14.7 Å². The maximum atomic E-state index is 14.0. The van der Waals surface area contributed by atoms with E-state index >= 15 is 0 Å². The fourth-order valence-electron chi connectivity index (χ4n) is 3.89. The molecule has 2 saturated heterocycles. The molecule has 1 N–H and O–H groups in total. The van der Waals surface area contributed by atoms with Gasteiger partial charge >= 0.3 is 6.03 Å². The molecule has 2 aliphatic heterocycles. The van der Waals surface area contributed by atoms with Crippen molar-refractivity contribution in [2.75, 3.05) is 51.6 Å². The van der Waals surface area contributed by atoms with Crippen molar-refractivity contribution in [2.24, 2.45) is 0 Å². The van der Waals surface area contributed by atoms with Gasteiger partial charge in [-0.05, 0) is 57.4 Å². The Kier molecular flexibility index (Phi) is 6.48. The first-order valence-corrected chi connectivity index (χ1v) is 9.77. The van der Waals surface area contributed by atoms with Crippen molar-refractivity contribution in [2.45, 2.75) is 38.6 Å². The van der Waals surface area contributed by atoms with Crippen LogP contribution in [0, 0.1) is 12.7 Å². The molecule has 0 bridgehead atoms. The summed E-state index contributed by atoms with van der Waals surface area (Å²) in [5.74, 6) is -0.380. The van der Waals surface area contributed by atoms with Crippen LogP contribution in [0.25, 0.3) is 0 Å². The number of anilines is 1. The zero-order valence-electron chi connectivity index (χ0n) is 16.0. The zero-order chi connectivity index (χ0) is 18.5. The van der Waals surface area contributed by atoms with Crippen molar-refractivity contribution in [3.63, 3.8) is 0 Å².